The Kier molecular flexibility index (Phi) is 5.22. The number of nitrogens with zero attached hydrogens (tertiary/aromatic N) is 2. The van der Waals surface area contributed by atoms with E-state index >= 15 is 0 Å². The molecule has 21 heavy (non-hydrogen) atoms. The maximum atomic E-state index is 10.5. The van der Waals surface area contributed by atoms with Crippen LogP contribution >= 0.6 is 0 Å². The molecule has 0 amide bonds. The molecular formula is C15H17N3O3. The number of ether oxygens (including phenoxy) is 1. The van der Waals surface area contributed by atoms with Gasteiger partial charge in [-0.1, -0.05) is 6.07 Å². The van der Waals surface area contributed by atoms with E-state index in [0.717, 1.165) is 17.8 Å². The zero-order valence-electron chi connectivity index (χ0n) is 11.8. The molecule has 110 valence electrons. The van der Waals surface area contributed by atoms with Gasteiger partial charge in [0.1, 0.15) is 12.4 Å². The Hall–Kier alpha value is -2.47. The molecule has 1 aromatic heterocycles. The molecule has 1 aromatic carbocycles. The van der Waals surface area contributed by atoms with Crippen LogP contribution in [0.4, 0.5) is 5.69 Å². The van der Waals surface area contributed by atoms with Gasteiger partial charge in [-0.25, -0.2) is 0 Å². The van der Waals surface area contributed by atoms with Crippen LogP contribution in [0.2, 0.25) is 0 Å². The molecule has 6 heteroatoms. The van der Waals surface area contributed by atoms with E-state index in [1.54, 1.807) is 12.1 Å². The second kappa shape index (κ2) is 7.35. The van der Waals surface area contributed by atoms with Crippen molar-refractivity contribution in [3.05, 3.63) is 64.0 Å². The summed E-state index contributed by atoms with van der Waals surface area (Å²) in [5.74, 6) is 0.624. The monoisotopic (exact) mass is 287 g/mol. The van der Waals surface area contributed by atoms with Gasteiger partial charge in [0, 0.05) is 37.1 Å². The molecule has 0 unspecified atom stereocenters. The highest BCUT2D eigenvalue weighted by atomic mass is 16.6. The van der Waals surface area contributed by atoms with E-state index in [1.165, 1.54) is 12.1 Å². The lowest BCUT2D eigenvalue weighted by molar-refractivity contribution is -0.384. The molecule has 0 aliphatic carbocycles. The number of aromatic nitrogens is 1. The van der Waals surface area contributed by atoms with Gasteiger partial charge in [-0.3, -0.25) is 15.1 Å². The highest BCUT2D eigenvalue weighted by Crippen LogP contribution is 2.16. The molecule has 1 heterocycles. The molecule has 2 rings (SSSR count). The fourth-order valence-electron chi connectivity index (χ4n) is 1.74. The second-order valence-corrected chi connectivity index (χ2v) is 4.58. The van der Waals surface area contributed by atoms with Crippen molar-refractivity contribution in [3.63, 3.8) is 0 Å². The topological polar surface area (TPSA) is 77.3 Å². The van der Waals surface area contributed by atoms with Gasteiger partial charge in [0.05, 0.1) is 4.92 Å². The number of hydrogen-bond donors (Lipinski definition) is 1. The fourth-order valence-corrected chi connectivity index (χ4v) is 1.74. The van der Waals surface area contributed by atoms with Crippen LogP contribution in [0.1, 0.15) is 11.3 Å². The van der Waals surface area contributed by atoms with E-state index < -0.39 is 4.92 Å². The summed E-state index contributed by atoms with van der Waals surface area (Å²) in [7, 11) is 0. The van der Waals surface area contributed by atoms with Crippen molar-refractivity contribution in [1.82, 2.24) is 10.3 Å². The van der Waals surface area contributed by atoms with Gasteiger partial charge in [0.25, 0.3) is 5.69 Å². The largest absolute Gasteiger partial charge is 0.492 e. The van der Waals surface area contributed by atoms with E-state index in [-0.39, 0.29) is 5.69 Å². The first-order chi connectivity index (χ1) is 10.1. The van der Waals surface area contributed by atoms with Crippen LogP contribution in [0.5, 0.6) is 5.75 Å². The van der Waals surface area contributed by atoms with Crippen molar-refractivity contribution in [2.45, 2.75) is 13.5 Å². The van der Waals surface area contributed by atoms with Crippen molar-refractivity contribution in [1.29, 1.82) is 0 Å². The Balaban J connectivity index is 1.67. The lowest BCUT2D eigenvalue weighted by Crippen LogP contribution is -2.20. The van der Waals surface area contributed by atoms with Crippen molar-refractivity contribution in [2.24, 2.45) is 0 Å². The molecule has 0 saturated heterocycles. The Labute approximate surface area is 122 Å². The zero-order chi connectivity index (χ0) is 15.1. The van der Waals surface area contributed by atoms with E-state index in [1.807, 2.05) is 25.3 Å². The number of non-ortho nitro benzene ring substituents is 1. The molecule has 1 N–H and O–H groups in total. The molecule has 0 aliphatic heterocycles. The minimum absolute atomic E-state index is 0.0624. The van der Waals surface area contributed by atoms with Crippen molar-refractivity contribution in [2.75, 3.05) is 13.2 Å². The van der Waals surface area contributed by atoms with Crippen molar-refractivity contribution < 1.29 is 9.66 Å². The van der Waals surface area contributed by atoms with E-state index in [2.05, 4.69) is 10.3 Å². The van der Waals surface area contributed by atoms with Gasteiger partial charge >= 0.3 is 0 Å². The summed E-state index contributed by atoms with van der Waals surface area (Å²) in [6.07, 6.45) is 1.85. The van der Waals surface area contributed by atoms with E-state index in [9.17, 15) is 10.1 Å². The number of nitrogens with one attached hydrogen (secondary N) is 1. The lowest BCUT2D eigenvalue weighted by atomic mass is 10.2. The highest BCUT2D eigenvalue weighted by Gasteiger charge is 2.03. The molecular weight excluding hydrogens is 270 g/mol. The molecule has 0 saturated carbocycles. The van der Waals surface area contributed by atoms with Crippen LogP contribution < -0.4 is 10.1 Å². The number of hydrogen-bond acceptors (Lipinski definition) is 5. The minimum Gasteiger partial charge on any atom is -0.492 e. The Morgan fingerprint density at radius 2 is 2.00 bits per heavy atom. The van der Waals surface area contributed by atoms with Crippen LogP contribution in [0.15, 0.2) is 42.6 Å². The van der Waals surface area contributed by atoms with E-state index in [0.29, 0.717) is 18.9 Å². The van der Waals surface area contributed by atoms with Crippen molar-refractivity contribution >= 4 is 5.69 Å². The predicted molar refractivity (Wildman–Crippen MR) is 79.3 cm³/mol. The normalized spacial score (nSPS) is 10.3. The van der Waals surface area contributed by atoms with E-state index in [4.69, 9.17) is 4.74 Å². The van der Waals surface area contributed by atoms with Crippen LogP contribution in [0.3, 0.4) is 0 Å². The first-order valence-corrected chi connectivity index (χ1v) is 6.64. The third kappa shape index (κ3) is 4.85. The fraction of sp³-hybridized carbons (Fsp3) is 0.267. The van der Waals surface area contributed by atoms with Gasteiger partial charge in [0.15, 0.2) is 0 Å². The average Bonchev–Trinajstić information content (AvgIpc) is 2.49. The summed E-state index contributed by atoms with van der Waals surface area (Å²) in [5.41, 5.74) is 2.18. The molecule has 0 atom stereocenters. The smallest absolute Gasteiger partial charge is 0.269 e. The number of benzene rings is 1. The Morgan fingerprint density at radius 1 is 1.24 bits per heavy atom. The third-order valence-electron chi connectivity index (χ3n) is 2.90. The van der Waals surface area contributed by atoms with Gasteiger partial charge < -0.3 is 10.1 Å². The SMILES string of the molecule is Cc1ccc(CNCCOc2ccc([N+](=O)[O-])cc2)cn1. The van der Waals surface area contributed by atoms with Crippen molar-refractivity contribution in [3.8, 4) is 5.75 Å². The molecule has 0 aliphatic rings. The molecule has 2 aromatic rings. The van der Waals surface area contributed by atoms with Crippen LogP contribution in [0, 0.1) is 17.0 Å². The molecule has 0 spiro atoms. The number of rotatable bonds is 7. The maximum Gasteiger partial charge on any atom is 0.269 e. The highest BCUT2D eigenvalue weighted by molar-refractivity contribution is 5.35. The first-order valence-electron chi connectivity index (χ1n) is 6.64. The first kappa shape index (κ1) is 14.9. The van der Waals surface area contributed by atoms with Crippen LogP contribution in [-0.2, 0) is 6.54 Å². The summed E-state index contributed by atoms with van der Waals surface area (Å²) in [6, 6.07) is 10.1. The summed E-state index contributed by atoms with van der Waals surface area (Å²) < 4.78 is 5.50. The van der Waals surface area contributed by atoms with Gasteiger partial charge in [-0.2, -0.15) is 0 Å². The summed E-state index contributed by atoms with van der Waals surface area (Å²) in [5, 5.41) is 13.8. The summed E-state index contributed by atoms with van der Waals surface area (Å²) in [6.45, 7) is 3.87. The third-order valence-corrected chi connectivity index (χ3v) is 2.90. The number of aryl methyl sites for hydroxylation is 1. The van der Waals surface area contributed by atoms with Gasteiger partial charge in [0.2, 0.25) is 0 Å². The molecule has 0 radical (unpaired) electrons. The number of nitro benzene ring substituents is 1. The molecule has 0 bridgehead atoms. The number of pyridine rings is 1. The number of nitro groups is 1. The minimum atomic E-state index is -0.430. The van der Waals surface area contributed by atoms with Gasteiger partial charge in [-0.15, -0.1) is 0 Å². The van der Waals surface area contributed by atoms with Gasteiger partial charge in [-0.05, 0) is 30.7 Å². The standard InChI is InChI=1S/C15H17N3O3/c1-12-2-3-13(11-17-12)10-16-8-9-21-15-6-4-14(5-7-15)18(19)20/h2-7,11,16H,8-10H2,1H3. The second-order valence-electron chi connectivity index (χ2n) is 4.58. The molecule has 0 fully saturated rings. The summed E-state index contributed by atoms with van der Waals surface area (Å²) in [4.78, 5) is 14.3. The summed E-state index contributed by atoms with van der Waals surface area (Å²) >= 11 is 0. The average molecular weight is 287 g/mol. The quantitative estimate of drug-likeness (QED) is 0.481. The molecule has 6 nitrogen and oxygen atoms in total. The Bertz CT molecular complexity index is 582. The predicted octanol–water partition coefficient (Wildman–Crippen LogP) is 2.47. The maximum absolute atomic E-state index is 10.5. The Morgan fingerprint density at radius 3 is 2.62 bits per heavy atom. The zero-order valence-corrected chi connectivity index (χ0v) is 11.8. The van der Waals surface area contributed by atoms with Crippen LogP contribution in [0.25, 0.3) is 0 Å². The van der Waals surface area contributed by atoms with Crippen LogP contribution in [-0.4, -0.2) is 23.1 Å². The lowest BCUT2D eigenvalue weighted by Gasteiger charge is -2.07.